The fraction of sp³-hybridized carbons (Fsp3) is 0.250. The average molecular weight is 308 g/mol. The summed E-state index contributed by atoms with van der Waals surface area (Å²) < 4.78 is 0. The molecule has 0 atom stereocenters. The number of nitrogens with zero attached hydrogens (tertiary/aromatic N) is 3. The molecule has 0 unspecified atom stereocenters. The smallest absolute Gasteiger partial charge is 0.342 e. The molecule has 0 saturated carbocycles. The van der Waals surface area contributed by atoms with Gasteiger partial charge in [0.05, 0.1) is 9.93 Å². The molecule has 0 spiro atoms. The Labute approximate surface area is 123 Å². The normalized spacial score (nSPS) is 10.3. The van der Waals surface area contributed by atoms with Gasteiger partial charge >= 0.3 is 11.7 Å². The Bertz CT molecular complexity index is 686. The van der Waals surface area contributed by atoms with Crippen LogP contribution in [-0.2, 0) is 6.42 Å². The third-order valence-corrected chi connectivity index (χ3v) is 3.65. The third-order valence-electron chi connectivity index (χ3n) is 2.62. The number of nitrogens with one attached hydrogen (secondary N) is 1. The van der Waals surface area contributed by atoms with Gasteiger partial charge in [0.2, 0.25) is 0 Å². The van der Waals surface area contributed by atoms with Crippen molar-refractivity contribution in [2.24, 2.45) is 0 Å². The van der Waals surface area contributed by atoms with Gasteiger partial charge in [0.25, 0.3) is 0 Å². The molecule has 0 aliphatic rings. The molecule has 2 aromatic rings. The molecule has 2 N–H and O–H groups in total. The van der Waals surface area contributed by atoms with Crippen LogP contribution in [-0.4, -0.2) is 32.5 Å². The van der Waals surface area contributed by atoms with E-state index in [0.717, 1.165) is 23.0 Å². The van der Waals surface area contributed by atoms with Gasteiger partial charge in [0.1, 0.15) is 17.6 Å². The summed E-state index contributed by atoms with van der Waals surface area (Å²) in [6.07, 6.45) is 1.61. The van der Waals surface area contributed by atoms with Crippen molar-refractivity contribution in [1.82, 2.24) is 9.97 Å². The fourth-order valence-corrected chi connectivity index (χ4v) is 2.45. The SMILES string of the molecule is Cc1csc(CCNc2cc(C(=O)O)c([N+](=O)[O-])cn2)n1. The van der Waals surface area contributed by atoms with Gasteiger partial charge in [-0.2, -0.15) is 0 Å². The summed E-state index contributed by atoms with van der Waals surface area (Å²) in [5, 5.41) is 25.5. The van der Waals surface area contributed by atoms with Gasteiger partial charge in [-0.3, -0.25) is 10.1 Å². The number of nitro groups is 1. The standard InChI is InChI=1S/C12H12N4O4S/c1-7-6-21-11(15-7)2-3-13-10-4-8(12(17)18)9(5-14-10)16(19)20/h4-6H,2-3H2,1H3,(H,13,14)(H,17,18). The highest BCUT2D eigenvalue weighted by Crippen LogP contribution is 2.20. The molecule has 0 radical (unpaired) electrons. The molecule has 0 saturated heterocycles. The van der Waals surface area contributed by atoms with E-state index in [1.54, 1.807) is 11.3 Å². The van der Waals surface area contributed by atoms with Crippen LogP contribution in [0.2, 0.25) is 0 Å². The summed E-state index contributed by atoms with van der Waals surface area (Å²) in [6.45, 7) is 2.42. The van der Waals surface area contributed by atoms with E-state index in [2.05, 4.69) is 15.3 Å². The minimum Gasteiger partial charge on any atom is -0.477 e. The molecule has 21 heavy (non-hydrogen) atoms. The van der Waals surface area contributed by atoms with E-state index < -0.39 is 16.6 Å². The van der Waals surface area contributed by atoms with Crippen molar-refractivity contribution in [1.29, 1.82) is 0 Å². The van der Waals surface area contributed by atoms with Crippen LogP contribution in [0.5, 0.6) is 0 Å². The van der Waals surface area contributed by atoms with Crippen LogP contribution >= 0.6 is 11.3 Å². The highest BCUT2D eigenvalue weighted by atomic mass is 32.1. The maximum Gasteiger partial charge on any atom is 0.342 e. The van der Waals surface area contributed by atoms with Gasteiger partial charge in [-0.25, -0.2) is 14.8 Å². The lowest BCUT2D eigenvalue weighted by atomic mass is 10.2. The molecule has 0 fully saturated rings. The van der Waals surface area contributed by atoms with Gasteiger partial charge in [-0.15, -0.1) is 11.3 Å². The van der Waals surface area contributed by atoms with Gasteiger partial charge in [0, 0.05) is 30.1 Å². The first-order valence-electron chi connectivity index (χ1n) is 6.00. The topological polar surface area (TPSA) is 118 Å². The largest absolute Gasteiger partial charge is 0.477 e. The van der Waals surface area contributed by atoms with Crippen LogP contribution in [0.25, 0.3) is 0 Å². The molecule has 0 aliphatic heterocycles. The molecule has 9 heteroatoms. The van der Waals surface area contributed by atoms with Crippen LogP contribution in [0.1, 0.15) is 21.1 Å². The number of aromatic nitrogens is 2. The van der Waals surface area contributed by atoms with Crippen molar-refractivity contribution in [3.8, 4) is 0 Å². The van der Waals surface area contributed by atoms with Gasteiger partial charge < -0.3 is 10.4 Å². The van der Waals surface area contributed by atoms with Crippen molar-refractivity contribution in [3.63, 3.8) is 0 Å². The second kappa shape index (κ2) is 6.27. The quantitative estimate of drug-likeness (QED) is 0.619. The zero-order chi connectivity index (χ0) is 15.4. The molecule has 0 amide bonds. The highest BCUT2D eigenvalue weighted by Gasteiger charge is 2.20. The van der Waals surface area contributed by atoms with Gasteiger partial charge in [0.15, 0.2) is 0 Å². The van der Waals surface area contributed by atoms with Crippen LogP contribution < -0.4 is 5.32 Å². The maximum atomic E-state index is 11.0. The summed E-state index contributed by atoms with van der Waals surface area (Å²) in [6, 6.07) is 1.16. The van der Waals surface area contributed by atoms with Crippen molar-refractivity contribution >= 4 is 28.8 Å². The highest BCUT2D eigenvalue weighted by molar-refractivity contribution is 7.09. The molecule has 8 nitrogen and oxygen atoms in total. The number of aryl methyl sites for hydroxylation is 1. The molecule has 0 aromatic carbocycles. The number of pyridine rings is 1. The Kier molecular flexibility index (Phi) is 4.43. The summed E-state index contributed by atoms with van der Waals surface area (Å²) in [5.74, 6) is -1.08. The van der Waals surface area contributed by atoms with Crippen LogP contribution in [0.3, 0.4) is 0 Å². The van der Waals surface area contributed by atoms with Crippen molar-refractivity contribution < 1.29 is 14.8 Å². The lowest BCUT2D eigenvalue weighted by molar-refractivity contribution is -0.385. The molecule has 2 aromatic heterocycles. The molecular formula is C12H12N4O4S. The number of hydrogen-bond donors (Lipinski definition) is 2. The first-order valence-corrected chi connectivity index (χ1v) is 6.88. The summed E-state index contributed by atoms with van der Waals surface area (Å²) in [4.78, 5) is 29.1. The number of thiazole rings is 1. The number of carboxylic acid groups (broad SMARTS) is 1. The average Bonchev–Trinajstić information content (AvgIpc) is 2.84. The Morgan fingerprint density at radius 2 is 2.33 bits per heavy atom. The van der Waals surface area contributed by atoms with E-state index in [-0.39, 0.29) is 11.4 Å². The van der Waals surface area contributed by atoms with Gasteiger partial charge in [-0.05, 0) is 6.92 Å². The lowest BCUT2D eigenvalue weighted by Gasteiger charge is -2.05. The Morgan fingerprint density at radius 1 is 1.57 bits per heavy atom. The molecule has 0 aliphatic carbocycles. The third kappa shape index (κ3) is 3.72. The molecular weight excluding hydrogens is 296 g/mol. The number of carbonyl (C=O) groups is 1. The van der Waals surface area contributed by atoms with E-state index in [1.807, 2.05) is 12.3 Å². The van der Waals surface area contributed by atoms with Crippen LogP contribution in [0.15, 0.2) is 17.6 Å². The number of rotatable bonds is 6. The molecule has 0 bridgehead atoms. The predicted molar refractivity (Wildman–Crippen MR) is 76.9 cm³/mol. The van der Waals surface area contributed by atoms with Crippen LogP contribution in [0.4, 0.5) is 11.5 Å². The minimum absolute atomic E-state index is 0.284. The fourth-order valence-electron chi connectivity index (χ4n) is 1.68. The minimum atomic E-state index is -1.36. The Balaban J connectivity index is 2.05. The Morgan fingerprint density at radius 3 is 2.90 bits per heavy atom. The van der Waals surface area contributed by atoms with Crippen molar-refractivity contribution in [3.05, 3.63) is 44.0 Å². The second-order valence-electron chi connectivity index (χ2n) is 4.21. The second-order valence-corrected chi connectivity index (χ2v) is 5.15. The van der Waals surface area contributed by atoms with E-state index in [0.29, 0.717) is 13.0 Å². The predicted octanol–water partition coefficient (Wildman–Crippen LogP) is 2.11. The number of hydrogen-bond acceptors (Lipinski definition) is 7. The van der Waals surface area contributed by atoms with E-state index >= 15 is 0 Å². The van der Waals surface area contributed by atoms with E-state index in [1.165, 1.54) is 0 Å². The first kappa shape index (κ1) is 14.9. The number of carboxylic acids is 1. The lowest BCUT2D eigenvalue weighted by Crippen LogP contribution is -2.09. The zero-order valence-corrected chi connectivity index (χ0v) is 11.9. The van der Waals surface area contributed by atoms with E-state index in [9.17, 15) is 14.9 Å². The zero-order valence-electron chi connectivity index (χ0n) is 11.1. The first-order chi connectivity index (χ1) is 9.97. The monoisotopic (exact) mass is 308 g/mol. The number of anilines is 1. The maximum absolute atomic E-state index is 11.0. The summed E-state index contributed by atoms with van der Waals surface area (Å²) in [7, 11) is 0. The van der Waals surface area contributed by atoms with Crippen molar-refractivity contribution in [2.75, 3.05) is 11.9 Å². The van der Waals surface area contributed by atoms with Crippen LogP contribution in [0, 0.1) is 17.0 Å². The molecule has 110 valence electrons. The Hall–Kier alpha value is -2.55. The number of aromatic carboxylic acids is 1. The van der Waals surface area contributed by atoms with E-state index in [4.69, 9.17) is 5.11 Å². The van der Waals surface area contributed by atoms with Crippen molar-refractivity contribution in [2.45, 2.75) is 13.3 Å². The summed E-state index contributed by atoms with van der Waals surface area (Å²) in [5.41, 5.74) is 0.0443. The summed E-state index contributed by atoms with van der Waals surface area (Å²) >= 11 is 1.54. The van der Waals surface area contributed by atoms with Gasteiger partial charge in [-0.1, -0.05) is 0 Å². The molecule has 2 heterocycles. The molecule has 2 rings (SSSR count).